The van der Waals surface area contributed by atoms with Crippen molar-refractivity contribution in [2.45, 2.75) is 45.6 Å². The predicted octanol–water partition coefficient (Wildman–Crippen LogP) is 7.00. The van der Waals surface area contributed by atoms with Crippen LogP contribution in [0.25, 0.3) is 10.2 Å². The number of amides is 1. The first kappa shape index (κ1) is 23.5. The van der Waals surface area contributed by atoms with Gasteiger partial charge < -0.3 is 5.11 Å². The second-order valence-electron chi connectivity index (χ2n) is 9.67. The topological polar surface area (TPSA) is 70.5 Å². The predicted molar refractivity (Wildman–Crippen MR) is 143 cm³/mol. The Morgan fingerprint density at radius 3 is 2.49 bits per heavy atom. The number of aromatic nitrogens is 1. The molecule has 0 radical (unpaired) electrons. The molecule has 2 aromatic carbocycles. The van der Waals surface area contributed by atoms with Crippen LogP contribution in [-0.2, 0) is 16.6 Å². The summed E-state index contributed by atoms with van der Waals surface area (Å²) in [6.45, 7) is 8.50. The maximum atomic E-state index is 13.5. The molecule has 0 saturated heterocycles. The fourth-order valence-electron chi connectivity index (χ4n) is 4.34. The van der Waals surface area contributed by atoms with Crippen LogP contribution in [-0.4, -0.2) is 21.8 Å². The van der Waals surface area contributed by atoms with E-state index in [1.54, 1.807) is 12.1 Å². The zero-order chi connectivity index (χ0) is 24.9. The van der Waals surface area contributed by atoms with Gasteiger partial charge in [0.1, 0.15) is 0 Å². The lowest BCUT2D eigenvalue weighted by molar-refractivity contribution is -0.117. The van der Waals surface area contributed by atoms with Crippen molar-refractivity contribution in [2.24, 2.45) is 0 Å². The number of carbonyl (C=O) groups is 2. The van der Waals surface area contributed by atoms with Crippen LogP contribution in [0.4, 0.5) is 5.13 Å². The average Bonchev–Trinajstić information content (AvgIpc) is 3.56. The van der Waals surface area contributed by atoms with Crippen LogP contribution in [0.2, 0.25) is 0 Å². The van der Waals surface area contributed by atoms with Crippen LogP contribution < -0.4 is 4.90 Å². The highest BCUT2D eigenvalue weighted by Gasteiger charge is 2.46. The summed E-state index contributed by atoms with van der Waals surface area (Å²) in [6.07, 6.45) is 0.899. The molecule has 35 heavy (non-hydrogen) atoms. The van der Waals surface area contributed by atoms with E-state index in [4.69, 9.17) is 4.98 Å². The van der Waals surface area contributed by atoms with Gasteiger partial charge in [-0.25, -0.2) is 4.98 Å². The average molecular weight is 503 g/mol. The Bertz CT molecular complexity index is 1460. The van der Waals surface area contributed by atoms with E-state index >= 15 is 0 Å². The van der Waals surface area contributed by atoms with Crippen molar-refractivity contribution in [2.75, 3.05) is 4.90 Å². The van der Waals surface area contributed by atoms with Gasteiger partial charge in [-0.15, -0.1) is 11.3 Å². The molecule has 1 unspecified atom stereocenters. The third kappa shape index (κ3) is 4.09. The van der Waals surface area contributed by atoms with Crippen LogP contribution in [0.5, 0.6) is 0 Å². The highest BCUT2D eigenvalue weighted by Crippen LogP contribution is 2.44. The van der Waals surface area contributed by atoms with Gasteiger partial charge in [0.05, 0.1) is 26.7 Å². The summed E-state index contributed by atoms with van der Waals surface area (Å²) < 4.78 is 0.964. The molecule has 1 aliphatic heterocycles. The summed E-state index contributed by atoms with van der Waals surface area (Å²) in [4.78, 5) is 33.6. The van der Waals surface area contributed by atoms with Crippen LogP contribution in [0, 0.1) is 0 Å². The van der Waals surface area contributed by atoms with E-state index in [-0.39, 0.29) is 16.8 Å². The first-order valence-electron chi connectivity index (χ1n) is 11.5. The SMILES string of the molecule is CCc1ccc2nc(N3C(=O)C(O)=C(C(=O)c4cccs4)C3c3ccc(C(C)(C)C)cc3)sc2c1. The van der Waals surface area contributed by atoms with E-state index in [9.17, 15) is 14.7 Å². The Morgan fingerprint density at radius 2 is 1.86 bits per heavy atom. The van der Waals surface area contributed by atoms with Gasteiger partial charge in [0.15, 0.2) is 10.9 Å². The molecule has 5 rings (SSSR count). The summed E-state index contributed by atoms with van der Waals surface area (Å²) in [6, 6.07) is 16.7. The number of rotatable bonds is 5. The fourth-order valence-corrected chi connectivity index (χ4v) is 6.07. The molecule has 7 heteroatoms. The number of anilines is 1. The maximum Gasteiger partial charge on any atom is 0.296 e. The lowest BCUT2D eigenvalue weighted by Gasteiger charge is -2.25. The first-order chi connectivity index (χ1) is 16.7. The number of carbonyl (C=O) groups excluding carboxylic acids is 2. The molecule has 4 aromatic rings. The Balaban J connectivity index is 1.66. The smallest absolute Gasteiger partial charge is 0.296 e. The van der Waals surface area contributed by atoms with E-state index in [2.05, 4.69) is 33.8 Å². The van der Waals surface area contributed by atoms with Crippen molar-refractivity contribution in [1.29, 1.82) is 0 Å². The molecule has 1 N–H and O–H groups in total. The van der Waals surface area contributed by atoms with Crippen molar-refractivity contribution in [3.63, 3.8) is 0 Å². The summed E-state index contributed by atoms with van der Waals surface area (Å²) in [5, 5.41) is 13.3. The zero-order valence-electron chi connectivity index (χ0n) is 20.0. The van der Waals surface area contributed by atoms with Gasteiger partial charge in [-0.3, -0.25) is 14.5 Å². The standard InChI is InChI=1S/C28H26N2O3S2/c1-5-16-8-13-19-21(15-16)35-27(29-19)30-23(17-9-11-18(12-10-17)28(2,3)4)22(25(32)26(30)33)24(31)20-7-6-14-34-20/h6-15,23,32H,5H2,1-4H3. The van der Waals surface area contributed by atoms with Crippen molar-refractivity contribution in [1.82, 2.24) is 4.98 Å². The number of Topliss-reactive ketones (excluding diaryl/α,β-unsaturated/α-hetero) is 1. The number of benzene rings is 2. The van der Waals surface area contributed by atoms with Gasteiger partial charge in [-0.1, -0.05) is 75.4 Å². The summed E-state index contributed by atoms with van der Waals surface area (Å²) in [5.74, 6) is -1.46. The molecule has 0 saturated carbocycles. The maximum absolute atomic E-state index is 13.5. The number of aliphatic hydroxyl groups is 1. The van der Waals surface area contributed by atoms with E-state index in [0.717, 1.165) is 27.8 Å². The highest BCUT2D eigenvalue weighted by molar-refractivity contribution is 7.22. The number of aliphatic hydroxyl groups excluding tert-OH is 1. The van der Waals surface area contributed by atoms with Gasteiger partial charge in [-0.2, -0.15) is 0 Å². The first-order valence-corrected chi connectivity index (χ1v) is 13.2. The lowest BCUT2D eigenvalue weighted by atomic mass is 9.85. The fraction of sp³-hybridized carbons (Fsp3) is 0.250. The number of hydrogen-bond acceptors (Lipinski definition) is 6. The Hall–Kier alpha value is -3.29. The Labute approximate surface area is 212 Å². The summed E-state index contributed by atoms with van der Waals surface area (Å²) in [7, 11) is 0. The highest BCUT2D eigenvalue weighted by atomic mass is 32.1. The van der Waals surface area contributed by atoms with Crippen molar-refractivity contribution in [3.8, 4) is 0 Å². The number of nitrogens with zero attached hydrogens (tertiary/aromatic N) is 2. The minimum atomic E-state index is -0.766. The lowest BCUT2D eigenvalue weighted by Crippen LogP contribution is -2.31. The Kier molecular flexibility index (Phi) is 5.85. The number of fused-ring (bicyclic) bond motifs is 1. The third-order valence-corrected chi connectivity index (χ3v) is 8.23. The van der Waals surface area contributed by atoms with Crippen molar-refractivity contribution < 1.29 is 14.7 Å². The molecule has 0 fully saturated rings. The minimum absolute atomic E-state index is 0.0404. The molecule has 0 aliphatic carbocycles. The molecule has 3 heterocycles. The monoisotopic (exact) mass is 502 g/mol. The molecule has 2 aromatic heterocycles. The van der Waals surface area contributed by atoms with Crippen molar-refractivity contribution in [3.05, 3.63) is 92.9 Å². The number of aryl methyl sites for hydroxylation is 1. The van der Waals surface area contributed by atoms with Crippen LogP contribution in [0.1, 0.15) is 60.1 Å². The third-order valence-electron chi connectivity index (χ3n) is 6.35. The molecule has 1 aliphatic rings. The summed E-state index contributed by atoms with van der Waals surface area (Å²) >= 11 is 2.69. The zero-order valence-corrected chi connectivity index (χ0v) is 21.7. The number of thiophene rings is 1. The van der Waals surface area contributed by atoms with Crippen LogP contribution in [0.15, 0.2) is 71.3 Å². The van der Waals surface area contributed by atoms with Gasteiger partial charge in [0.25, 0.3) is 5.91 Å². The van der Waals surface area contributed by atoms with E-state index in [1.165, 1.54) is 33.1 Å². The second-order valence-corrected chi connectivity index (χ2v) is 11.6. The quantitative estimate of drug-likeness (QED) is 0.298. The number of ketones is 1. The molecular weight excluding hydrogens is 476 g/mol. The van der Waals surface area contributed by atoms with Gasteiger partial charge in [0, 0.05) is 0 Å². The number of hydrogen-bond donors (Lipinski definition) is 1. The minimum Gasteiger partial charge on any atom is -0.503 e. The van der Waals surface area contributed by atoms with Crippen molar-refractivity contribution >= 4 is 49.7 Å². The largest absolute Gasteiger partial charge is 0.503 e. The molecule has 0 spiro atoms. The second kappa shape index (κ2) is 8.73. The normalized spacial score (nSPS) is 16.5. The molecule has 0 bridgehead atoms. The number of thiazole rings is 1. The van der Waals surface area contributed by atoms with Crippen LogP contribution in [0.3, 0.4) is 0 Å². The molecular formula is C28H26N2O3S2. The molecule has 1 atom stereocenters. The molecule has 1 amide bonds. The van der Waals surface area contributed by atoms with E-state index in [0.29, 0.717) is 10.0 Å². The Morgan fingerprint density at radius 1 is 1.11 bits per heavy atom. The van der Waals surface area contributed by atoms with E-state index < -0.39 is 17.7 Å². The van der Waals surface area contributed by atoms with Gasteiger partial charge >= 0.3 is 0 Å². The van der Waals surface area contributed by atoms with Crippen LogP contribution >= 0.6 is 22.7 Å². The van der Waals surface area contributed by atoms with E-state index in [1.807, 2.05) is 41.8 Å². The molecule has 5 nitrogen and oxygen atoms in total. The van der Waals surface area contributed by atoms with Gasteiger partial charge in [-0.05, 0) is 52.1 Å². The summed E-state index contributed by atoms with van der Waals surface area (Å²) in [5.41, 5.74) is 3.92. The van der Waals surface area contributed by atoms with Gasteiger partial charge in [0.2, 0.25) is 5.78 Å². The molecule has 178 valence electrons.